The van der Waals surface area contributed by atoms with Crippen LogP contribution in [0.25, 0.3) is 0 Å². The van der Waals surface area contributed by atoms with Crippen molar-refractivity contribution < 1.29 is 27.5 Å². The zero-order chi connectivity index (χ0) is 15.6. The van der Waals surface area contributed by atoms with E-state index in [-0.39, 0.29) is 12.2 Å². The molecule has 0 amide bonds. The molecule has 0 fully saturated rings. The molecule has 0 saturated carbocycles. The quantitative estimate of drug-likeness (QED) is 0.670. The number of hydrogen-bond donors (Lipinski definition) is 2. The van der Waals surface area contributed by atoms with Gasteiger partial charge in [-0.1, -0.05) is 6.07 Å². The van der Waals surface area contributed by atoms with Crippen molar-refractivity contribution in [2.24, 2.45) is 0 Å². The van der Waals surface area contributed by atoms with Crippen molar-refractivity contribution in [2.45, 2.75) is 6.54 Å². The van der Waals surface area contributed by atoms with Gasteiger partial charge in [0, 0.05) is 6.54 Å². The maximum atomic E-state index is 13.4. The van der Waals surface area contributed by atoms with Crippen LogP contribution in [0.2, 0.25) is 0 Å². The summed E-state index contributed by atoms with van der Waals surface area (Å²) < 4.78 is 52.6. The summed E-state index contributed by atoms with van der Waals surface area (Å²) in [6, 6.07) is 5.13. The second kappa shape index (κ2) is 5.82. The lowest BCUT2D eigenvalue weighted by Gasteiger charge is -2.09. The Balaban J connectivity index is 2.15. The topological polar surface area (TPSA) is 49.3 Å². The fourth-order valence-corrected chi connectivity index (χ4v) is 1.70. The molecule has 2 aromatic carbocycles. The molecule has 0 saturated heterocycles. The predicted octanol–water partition coefficient (Wildman–Crippen LogP) is 3.55. The van der Waals surface area contributed by atoms with Crippen LogP contribution in [0.4, 0.5) is 23.2 Å². The van der Waals surface area contributed by atoms with Crippen LogP contribution >= 0.6 is 0 Å². The van der Waals surface area contributed by atoms with Gasteiger partial charge in [-0.25, -0.2) is 22.4 Å². The van der Waals surface area contributed by atoms with Gasteiger partial charge in [-0.05, 0) is 29.8 Å². The van der Waals surface area contributed by atoms with Crippen molar-refractivity contribution in [3.8, 4) is 0 Å². The molecule has 0 radical (unpaired) electrons. The Labute approximate surface area is 116 Å². The summed E-state index contributed by atoms with van der Waals surface area (Å²) in [6.45, 7) is -0.0845. The molecule has 0 aliphatic heterocycles. The van der Waals surface area contributed by atoms with Gasteiger partial charge < -0.3 is 10.4 Å². The molecule has 3 nitrogen and oxygen atoms in total. The largest absolute Gasteiger partial charge is 0.478 e. The van der Waals surface area contributed by atoms with E-state index < -0.39 is 34.8 Å². The number of carbonyl (C=O) groups is 1. The van der Waals surface area contributed by atoms with Gasteiger partial charge in [0.1, 0.15) is 5.82 Å². The number of benzene rings is 2. The average molecular weight is 299 g/mol. The molecule has 0 aliphatic carbocycles. The van der Waals surface area contributed by atoms with E-state index >= 15 is 0 Å². The minimum absolute atomic E-state index is 0.0845. The maximum Gasteiger partial charge on any atom is 0.338 e. The Morgan fingerprint density at radius 1 is 1.00 bits per heavy atom. The zero-order valence-corrected chi connectivity index (χ0v) is 10.5. The van der Waals surface area contributed by atoms with E-state index in [2.05, 4.69) is 5.32 Å². The third kappa shape index (κ3) is 3.13. The van der Waals surface area contributed by atoms with Gasteiger partial charge in [0.2, 0.25) is 0 Å². The Hall–Kier alpha value is -2.57. The fraction of sp³-hybridized carbons (Fsp3) is 0.0714. The van der Waals surface area contributed by atoms with Crippen LogP contribution in [0.3, 0.4) is 0 Å². The third-order valence-corrected chi connectivity index (χ3v) is 2.78. The van der Waals surface area contributed by atoms with Crippen LogP contribution in [0.15, 0.2) is 30.3 Å². The summed E-state index contributed by atoms with van der Waals surface area (Å²) in [5.74, 6) is -6.63. The Bertz CT molecular complexity index is 704. The van der Waals surface area contributed by atoms with Gasteiger partial charge in [-0.15, -0.1) is 0 Å². The average Bonchev–Trinajstić information content (AvgIpc) is 2.44. The highest BCUT2D eigenvalue weighted by Gasteiger charge is 2.14. The van der Waals surface area contributed by atoms with Crippen LogP contribution in [0.1, 0.15) is 15.9 Å². The molecule has 7 heteroatoms. The fourth-order valence-electron chi connectivity index (χ4n) is 1.70. The smallest absolute Gasteiger partial charge is 0.338 e. The molecule has 2 N–H and O–H groups in total. The molecule has 2 rings (SSSR count). The Morgan fingerprint density at radius 3 is 2.33 bits per heavy atom. The Morgan fingerprint density at radius 2 is 1.71 bits per heavy atom. The van der Waals surface area contributed by atoms with Crippen molar-refractivity contribution in [3.63, 3.8) is 0 Å². The molecule has 110 valence electrons. The second-order valence-electron chi connectivity index (χ2n) is 4.20. The molecular formula is C14H9F4NO2. The minimum Gasteiger partial charge on any atom is -0.478 e. The number of nitrogens with one attached hydrogen (secondary N) is 1. The van der Waals surface area contributed by atoms with Gasteiger partial charge in [0.15, 0.2) is 17.5 Å². The SMILES string of the molecule is O=C(O)c1ccc(CNc2ccc(F)c(F)c2F)cc1F. The van der Waals surface area contributed by atoms with E-state index in [9.17, 15) is 22.4 Å². The lowest BCUT2D eigenvalue weighted by molar-refractivity contribution is 0.0692. The van der Waals surface area contributed by atoms with Crippen molar-refractivity contribution in [3.05, 3.63) is 64.7 Å². The van der Waals surface area contributed by atoms with E-state index in [0.717, 1.165) is 24.3 Å². The van der Waals surface area contributed by atoms with E-state index in [4.69, 9.17) is 5.11 Å². The molecule has 0 heterocycles. The predicted molar refractivity (Wildman–Crippen MR) is 67.0 cm³/mol. The number of hydrogen-bond acceptors (Lipinski definition) is 2. The number of carboxylic acids is 1. The third-order valence-electron chi connectivity index (χ3n) is 2.78. The number of anilines is 1. The lowest BCUT2D eigenvalue weighted by Crippen LogP contribution is -2.06. The monoisotopic (exact) mass is 299 g/mol. The summed E-state index contributed by atoms with van der Waals surface area (Å²) >= 11 is 0. The molecule has 0 spiro atoms. The summed E-state index contributed by atoms with van der Waals surface area (Å²) in [4.78, 5) is 10.6. The molecule has 21 heavy (non-hydrogen) atoms. The van der Waals surface area contributed by atoms with Gasteiger partial charge in [-0.2, -0.15) is 0 Å². The maximum absolute atomic E-state index is 13.4. The van der Waals surface area contributed by atoms with Gasteiger partial charge in [-0.3, -0.25) is 0 Å². The van der Waals surface area contributed by atoms with E-state index in [1.165, 1.54) is 6.07 Å². The van der Waals surface area contributed by atoms with Gasteiger partial charge >= 0.3 is 5.97 Å². The number of carboxylic acid groups (broad SMARTS) is 1. The van der Waals surface area contributed by atoms with Crippen molar-refractivity contribution in [2.75, 3.05) is 5.32 Å². The summed E-state index contributed by atoms with van der Waals surface area (Å²) in [7, 11) is 0. The highest BCUT2D eigenvalue weighted by molar-refractivity contribution is 5.87. The number of rotatable bonds is 4. The molecule has 0 aromatic heterocycles. The molecule has 2 aromatic rings. The lowest BCUT2D eigenvalue weighted by atomic mass is 10.1. The van der Waals surface area contributed by atoms with E-state index in [1.54, 1.807) is 0 Å². The zero-order valence-electron chi connectivity index (χ0n) is 10.5. The molecule has 0 unspecified atom stereocenters. The second-order valence-corrected chi connectivity index (χ2v) is 4.20. The summed E-state index contributed by atoms with van der Waals surface area (Å²) in [5.41, 5.74) is -0.448. The summed E-state index contributed by atoms with van der Waals surface area (Å²) in [6.07, 6.45) is 0. The van der Waals surface area contributed by atoms with Crippen molar-refractivity contribution in [1.29, 1.82) is 0 Å². The van der Waals surface area contributed by atoms with Crippen molar-refractivity contribution in [1.82, 2.24) is 0 Å². The standard InChI is InChI=1S/C14H9F4NO2/c15-9-3-4-11(13(18)12(9)17)19-6-7-1-2-8(14(20)21)10(16)5-7/h1-5,19H,6H2,(H,20,21). The first-order chi connectivity index (χ1) is 9.90. The van der Waals surface area contributed by atoms with E-state index in [1.807, 2.05) is 0 Å². The molecule has 0 atom stereocenters. The van der Waals surface area contributed by atoms with Crippen LogP contribution < -0.4 is 5.32 Å². The highest BCUT2D eigenvalue weighted by atomic mass is 19.2. The van der Waals surface area contributed by atoms with Crippen LogP contribution in [-0.4, -0.2) is 11.1 Å². The first-order valence-electron chi connectivity index (χ1n) is 5.79. The first-order valence-corrected chi connectivity index (χ1v) is 5.79. The van der Waals surface area contributed by atoms with E-state index in [0.29, 0.717) is 5.56 Å². The van der Waals surface area contributed by atoms with Crippen molar-refractivity contribution >= 4 is 11.7 Å². The van der Waals surface area contributed by atoms with Crippen LogP contribution in [0, 0.1) is 23.3 Å². The molecule has 0 bridgehead atoms. The van der Waals surface area contributed by atoms with Gasteiger partial charge in [0.05, 0.1) is 11.3 Å². The Kier molecular flexibility index (Phi) is 4.11. The molecular weight excluding hydrogens is 290 g/mol. The normalized spacial score (nSPS) is 10.5. The van der Waals surface area contributed by atoms with Crippen LogP contribution in [-0.2, 0) is 6.54 Å². The first kappa shape index (κ1) is 14.8. The highest BCUT2D eigenvalue weighted by Crippen LogP contribution is 2.20. The number of halogens is 4. The minimum atomic E-state index is -1.60. The number of aromatic carboxylic acids is 1. The van der Waals surface area contributed by atoms with Gasteiger partial charge in [0.25, 0.3) is 0 Å². The summed E-state index contributed by atoms with van der Waals surface area (Å²) in [5, 5.41) is 11.2. The van der Waals surface area contributed by atoms with Crippen LogP contribution in [0.5, 0.6) is 0 Å². The molecule has 0 aliphatic rings.